The summed E-state index contributed by atoms with van der Waals surface area (Å²) in [6.07, 6.45) is 2.52. The first-order valence-electron chi connectivity index (χ1n) is 5.47. The van der Waals surface area contributed by atoms with E-state index in [0.29, 0.717) is 12.1 Å². The Morgan fingerprint density at radius 1 is 1.47 bits per heavy atom. The molecular weight excluding hydrogens is 244 g/mol. The SMILES string of the molecule is N#Cc1cccc(CNc2ncncc2C(=O)O)c1. The number of nitrogens with zero attached hydrogens (tertiary/aromatic N) is 3. The number of aromatic nitrogens is 2. The number of carboxylic acid groups (broad SMARTS) is 1. The molecule has 2 rings (SSSR count). The van der Waals surface area contributed by atoms with Gasteiger partial charge in [0.25, 0.3) is 0 Å². The zero-order chi connectivity index (χ0) is 13.7. The molecule has 0 saturated heterocycles. The largest absolute Gasteiger partial charge is 0.477 e. The van der Waals surface area contributed by atoms with Crippen LogP contribution in [0.1, 0.15) is 21.5 Å². The van der Waals surface area contributed by atoms with E-state index in [1.54, 1.807) is 18.2 Å². The first-order valence-corrected chi connectivity index (χ1v) is 5.47. The molecule has 0 radical (unpaired) electrons. The van der Waals surface area contributed by atoms with E-state index in [4.69, 9.17) is 10.4 Å². The van der Waals surface area contributed by atoms with Gasteiger partial charge in [0.15, 0.2) is 0 Å². The van der Waals surface area contributed by atoms with Gasteiger partial charge in [-0.3, -0.25) is 0 Å². The van der Waals surface area contributed by atoms with Gasteiger partial charge in [0.2, 0.25) is 0 Å². The third kappa shape index (κ3) is 3.04. The minimum Gasteiger partial charge on any atom is -0.477 e. The van der Waals surface area contributed by atoms with Crippen molar-refractivity contribution in [1.29, 1.82) is 5.26 Å². The summed E-state index contributed by atoms with van der Waals surface area (Å²) < 4.78 is 0. The highest BCUT2D eigenvalue weighted by atomic mass is 16.4. The highest BCUT2D eigenvalue weighted by Gasteiger charge is 2.10. The summed E-state index contributed by atoms with van der Waals surface area (Å²) >= 11 is 0. The lowest BCUT2D eigenvalue weighted by atomic mass is 10.1. The van der Waals surface area contributed by atoms with Crippen molar-refractivity contribution < 1.29 is 9.90 Å². The van der Waals surface area contributed by atoms with E-state index < -0.39 is 5.97 Å². The van der Waals surface area contributed by atoms with E-state index in [-0.39, 0.29) is 11.4 Å². The first-order chi connectivity index (χ1) is 9.20. The minimum atomic E-state index is -1.09. The molecule has 94 valence electrons. The number of rotatable bonds is 4. The molecule has 0 unspecified atom stereocenters. The first kappa shape index (κ1) is 12.5. The lowest BCUT2D eigenvalue weighted by molar-refractivity contribution is 0.0697. The Hall–Kier alpha value is -2.94. The number of nitrogens with one attached hydrogen (secondary N) is 1. The van der Waals surface area contributed by atoms with E-state index in [2.05, 4.69) is 15.3 Å². The van der Waals surface area contributed by atoms with Crippen LogP contribution in [0, 0.1) is 11.3 Å². The Morgan fingerprint density at radius 2 is 2.32 bits per heavy atom. The summed E-state index contributed by atoms with van der Waals surface area (Å²) in [6, 6.07) is 9.10. The number of nitriles is 1. The van der Waals surface area contributed by atoms with Crippen molar-refractivity contribution in [3.63, 3.8) is 0 Å². The molecule has 6 heteroatoms. The van der Waals surface area contributed by atoms with E-state index in [1.165, 1.54) is 12.5 Å². The summed E-state index contributed by atoms with van der Waals surface area (Å²) in [6.45, 7) is 0.382. The maximum absolute atomic E-state index is 11.0. The third-order valence-corrected chi connectivity index (χ3v) is 2.46. The van der Waals surface area contributed by atoms with Gasteiger partial charge in [-0.25, -0.2) is 14.8 Å². The Labute approximate surface area is 109 Å². The second-order valence-electron chi connectivity index (χ2n) is 3.76. The summed E-state index contributed by atoms with van der Waals surface area (Å²) in [5.74, 6) is -0.835. The van der Waals surface area contributed by atoms with Gasteiger partial charge in [-0.15, -0.1) is 0 Å². The molecule has 1 aromatic heterocycles. The van der Waals surface area contributed by atoms with Crippen LogP contribution in [0.15, 0.2) is 36.8 Å². The molecule has 2 N–H and O–H groups in total. The summed E-state index contributed by atoms with van der Waals surface area (Å²) in [4.78, 5) is 18.5. The number of carbonyl (C=O) groups is 1. The fourth-order valence-corrected chi connectivity index (χ4v) is 1.56. The minimum absolute atomic E-state index is 0.0129. The molecule has 1 aromatic carbocycles. The van der Waals surface area contributed by atoms with E-state index >= 15 is 0 Å². The van der Waals surface area contributed by atoms with Crippen LogP contribution in [0.3, 0.4) is 0 Å². The quantitative estimate of drug-likeness (QED) is 0.860. The highest BCUT2D eigenvalue weighted by Crippen LogP contribution is 2.12. The van der Waals surface area contributed by atoms with Crippen LogP contribution in [0.25, 0.3) is 0 Å². The van der Waals surface area contributed by atoms with Crippen molar-refractivity contribution >= 4 is 11.8 Å². The number of carboxylic acids is 1. The fraction of sp³-hybridized carbons (Fsp3) is 0.0769. The molecule has 2 aromatic rings. The standard InChI is InChI=1S/C13H10N4O2/c14-5-9-2-1-3-10(4-9)6-16-12-11(13(18)19)7-15-8-17-12/h1-4,7-8H,6H2,(H,18,19)(H,15,16,17). The van der Waals surface area contributed by atoms with Gasteiger partial charge in [-0.05, 0) is 17.7 Å². The van der Waals surface area contributed by atoms with Gasteiger partial charge in [-0.1, -0.05) is 12.1 Å². The van der Waals surface area contributed by atoms with Gasteiger partial charge in [0.05, 0.1) is 11.6 Å². The number of hydrogen-bond acceptors (Lipinski definition) is 5. The topological polar surface area (TPSA) is 98.9 Å². The number of anilines is 1. The molecule has 0 bridgehead atoms. The van der Waals surface area contributed by atoms with Crippen molar-refractivity contribution in [1.82, 2.24) is 9.97 Å². The Bertz CT molecular complexity index is 649. The van der Waals surface area contributed by atoms with E-state index in [0.717, 1.165) is 5.56 Å². The zero-order valence-electron chi connectivity index (χ0n) is 9.87. The van der Waals surface area contributed by atoms with Crippen LogP contribution in [0.5, 0.6) is 0 Å². The van der Waals surface area contributed by atoms with Crippen LogP contribution in [-0.2, 0) is 6.54 Å². The predicted molar refractivity (Wildman–Crippen MR) is 67.5 cm³/mol. The van der Waals surface area contributed by atoms with Crippen molar-refractivity contribution in [2.24, 2.45) is 0 Å². The molecule has 0 saturated carbocycles. The molecule has 0 aliphatic rings. The van der Waals surface area contributed by atoms with Crippen molar-refractivity contribution in [3.8, 4) is 6.07 Å². The second-order valence-corrected chi connectivity index (χ2v) is 3.76. The predicted octanol–water partition coefficient (Wildman–Crippen LogP) is 1.66. The Balaban J connectivity index is 2.15. The number of hydrogen-bond donors (Lipinski definition) is 2. The molecule has 19 heavy (non-hydrogen) atoms. The molecule has 0 amide bonds. The van der Waals surface area contributed by atoms with E-state index in [9.17, 15) is 4.79 Å². The molecule has 0 fully saturated rings. The van der Waals surface area contributed by atoms with Crippen LogP contribution < -0.4 is 5.32 Å². The smallest absolute Gasteiger partial charge is 0.341 e. The van der Waals surface area contributed by atoms with Crippen LogP contribution in [-0.4, -0.2) is 21.0 Å². The van der Waals surface area contributed by atoms with Gasteiger partial charge in [0, 0.05) is 12.7 Å². The summed E-state index contributed by atoms with van der Waals surface area (Å²) in [5, 5.41) is 20.7. The summed E-state index contributed by atoms with van der Waals surface area (Å²) in [5.41, 5.74) is 1.44. The number of aromatic carboxylic acids is 1. The van der Waals surface area contributed by atoms with E-state index in [1.807, 2.05) is 12.1 Å². The molecule has 0 aliphatic heterocycles. The maximum atomic E-state index is 11.0. The molecular formula is C13H10N4O2. The van der Waals surface area contributed by atoms with Crippen molar-refractivity contribution in [2.75, 3.05) is 5.32 Å². The zero-order valence-corrected chi connectivity index (χ0v) is 9.87. The Morgan fingerprint density at radius 3 is 3.05 bits per heavy atom. The molecule has 6 nitrogen and oxygen atoms in total. The second kappa shape index (κ2) is 5.60. The number of benzene rings is 1. The van der Waals surface area contributed by atoms with Crippen molar-refractivity contribution in [2.45, 2.75) is 6.54 Å². The lowest BCUT2D eigenvalue weighted by Gasteiger charge is -2.07. The van der Waals surface area contributed by atoms with Crippen LogP contribution >= 0.6 is 0 Å². The average Bonchev–Trinajstić information content (AvgIpc) is 2.45. The third-order valence-electron chi connectivity index (χ3n) is 2.46. The van der Waals surface area contributed by atoms with Crippen LogP contribution in [0.4, 0.5) is 5.82 Å². The normalized spacial score (nSPS) is 9.63. The van der Waals surface area contributed by atoms with Crippen molar-refractivity contribution in [3.05, 3.63) is 53.5 Å². The molecule has 0 atom stereocenters. The van der Waals surface area contributed by atoms with Crippen LogP contribution in [0.2, 0.25) is 0 Å². The Kier molecular flexibility index (Phi) is 3.69. The molecule has 0 aliphatic carbocycles. The van der Waals surface area contributed by atoms with Gasteiger partial charge in [-0.2, -0.15) is 5.26 Å². The average molecular weight is 254 g/mol. The maximum Gasteiger partial charge on any atom is 0.341 e. The molecule has 0 spiro atoms. The highest BCUT2D eigenvalue weighted by molar-refractivity contribution is 5.92. The monoisotopic (exact) mass is 254 g/mol. The van der Waals surface area contributed by atoms with Gasteiger partial charge in [0.1, 0.15) is 17.7 Å². The fourth-order valence-electron chi connectivity index (χ4n) is 1.56. The lowest BCUT2D eigenvalue weighted by Crippen LogP contribution is -2.08. The van der Waals surface area contributed by atoms with Gasteiger partial charge < -0.3 is 10.4 Å². The molecule has 1 heterocycles. The summed E-state index contributed by atoms with van der Waals surface area (Å²) in [7, 11) is 0. The van der Waals surface area contributed by atoms with Gasteiger partial charge >= 0.3 is 5.97 Å².